The van der Waals surface area contributed by atoms with E-state index in [0.29, 0.717) is 6.54 Å². The maximum absolute atomic E-state index is 11.4. The highest BCUT2D eigenvalue weighted by molar-refractivity contribution is 5.73. The summed E-state index contributed by atoms with van der Waals surface area (Å²) >= 11 is 0. The third-order valence-corrected chi connectivity index (χ3v) is 3.22. The fraction of sp³-hybridized carbons (Fsp3) is 0.462. The van der Waals surface area contributed by atoms with Crippen LogP contribution in [0.4, 0.5) is 4.79 Å². The molecule has 18 heavy (non-hydrogen) atoms. The number of urea groups is 1. The zero-order valence-corrected chi connectivity index (χ0v) is 11.6. The summed E-state index contributed by atoms with van der Waals surface area (Å²) in [6.07, 6.45) is 0. The van der Waals surface area contributed by atoms with Crippen molar-refractivity contribution in [3.8, 4) is 5.75 Å². The SMILES string of the molecule is COc1c(C)cc(CN(C)C(=O)NN)c(C)c1C. The van der Waals surface area contributed by atoms with Gasteiger partial charge in [-0.15, -0.1) is 0 Å². The molecule has 2 amide bonds. The van der Waals surface area contributed by atoms with Gasteiger partial charge in [0.05, 0.1) is 7.11 Å². The highest BCUT2D eigenvalue weighted by Gasteiger charge is 2.14. The monoisotopic (exact) mass is 251 g/mol. The Morgan fingerprint density at radius 2 is 2.00 bits per heavy atom. The second-order valence-corrected chi connectivity index (χ2v) is 4.44. The number of hydrazine groups is 1. The normalized spacial score (nSPS) is 10.1. The van der Waals surface area contributed by atoms with E-state index in [1.54, 1.807) is 14.2 Å². The smallest absolute Gasteiger partial charge is 0.331 e. The van der Waals surface area contributed by atoms with Gasteiger partial charge in [-0.1, -0.05) is 6.07 Å². The highest BCUT2D eigenvalue weighted by atomic mass is 16.5. The van der Waals surface area contributed by atoms with Gasteiger partial charge in [0.1, 0.15) is 5.75 Å². The van der Waals surface area contributed by atoms with Gasteiger partial charge in [-0.05, 0) is 43.0 Å². The fourth-order valence-electron chi connectivity index (χ4n) is 2.06. The van der Waals surface area contributed by atoms with Crippen LogP contribution in [0.1, 0.15) is 22.3 Å². The molecule has 0 saturated carbocycles. The Hall–Kier alpha value is -1.75. The maximum Gasteiger partial charge on any atom is 0.331 e. The van der Waals surface area contributed by atoms with Crippen LogP contribution in [0.5, 0.6) is 5.75 Å². The number of benzene rings is 1. The molecule has 0 aliphatic heterocycles. The van der Waals surface area contributed by atoms with Gasteiger partial charge in [0, 0.05) is 13.6 Å². The van der Waals surface area contributed by atoms with Gasteiger partial charge in [-0.2, -0.15) is 0 Å². The molecule has 0 fully saturated rings. The van der Waals surface area contributed by atoms with E-state index >= 15 is 0 Å². The Morgan fingerprint density at radius 1 is 1.39 bits per heavy atom. The van der Waals surface area contributed by atoms with Crippen molar-refractivity contribution in [1.82, 2.24) is 10.3 Å². The van der Waals surface area contributed by atoms with Crippen LogP contribution in [0.15, 0.2) is 6.07 Å². The number of nitrogens with zero attached hydrogens (tertiary/aromatic N) is 1. The predicted octanol–water partition coefficient (Wildman–Crippen LogP) is 1.64. The van der Waals surface area contributed by atoms with Gasteiger partial charge in [0.15, 0.2) is 0 Å². The van der Waals surface area contributed by atoms with Crippen LogP contribution in [-0.2, 0) is 6.54 Å². The minimum atomic E-state index is -0.305. The summed E-state index contributed by atoms with van der Waals surface area (Å²) in [7, 11) is 3.37. The van der Waals surface area contributed by atoms with E-state index in [-0.39, 0.29) is 6.03 Å². The summed E-state index contributed by atoms with van der Waals surface area (Å²) < 4.78 is 5.37. The molecule has 0 aliphatic rings. The molecule has 5 nitrogen and oxygen atoms in total. The summed E-state index contributed by atoms with van der Waals surface area (Å²) in [6.45, 7) is 6.56. The van der Waals surface area contributed by atoms with E-state index in [1.807, 2.05) is 26.8 Å². The zero-order chi connectivity index (χ0) is 13.9. The molecule has 0 spiro atoms. The number of ether oxygens (including phenoxy) is 1. The molecule has 0 aromatic heterocycles. The summed E-state index contributed by atoms with van der Waals surface area (Å²) in [5, 5.41) is 0. The van der Waals surface area contributed by atoms with E-state index < -0.39 is 0 Å². The van der Waals surface area contributed by atoms with Gasteiger partial charge in [0.25, 0.3) is 0 Å². The second kappa shape index (κ2) is 5.73. The Bertz CT molecular complexity index is 458. The van der Waals surface area contributed by atoms with Crippen LogP contribution in [-0.4, -0.2) is 25.1 Å². The number of nitrogens with one attached hydrogen (secondary N) is 1. The van der Waals surface area contributed by atoms with Gasteiger partial charge >= 0.3 is 6.03 Å². The number of nitrogens with two attached hydrogens (primary N) is 1. The molecule has 100 valence electrons. The maximum atomic E-state index is 11.4. The number of carbonyl (C=O) groups is 1. The predicted molar refractivity (Wildman–Crippen MR) is 71.4 cm³/mol. The Morgan fingerprint density at radius 3 is 2.50 bits per heavy atom. The lowest BCUT2D eigenvalue weighted by Crippen LogP contribution is -2.40. The Kier molecular flexibility index (Phi) is 4.55. The third-order valence-electron chi connectivity index (χ3n) is 3.22. The molecule has 0 radical (unpaired) electrons. The Labute approximate surface area is 108 Å². The number of hydrogen-bond donors (Lipinski definition) is 2. The summed E-state index contributed by atoms with van der Waals surface area (Å²) in [6, 6.07) is 1.74. The molecule has 1 aromatic carbocycles. The topological polar surface area (TPSA) is 67.6 Å². The van der Waals surface area contributed by atoms with Crippen LogP contribution in [0.3, 0.4) is 0 Å². The molecule has 3 N–H and O–H groups in total. The number of carbonyl (C=O) groups excluding carboxylic acids is 1. The summed E-state index contributed by atoms with van der Waals surface area (Å²) in [5.41, 5.74) is 6.52. The number of methoxy groups -OCH3 is 1. The molecule has 1 rings (SSSR count). The van der Waals surface area contributed by atoms with Crippen molar-refractivity contribution < 1.29 is 9.53 Å². The number of amides is 2. The standard InChI is InChI=1S/C13H21N3O2/c1-8-6-11(7-16(4)13(17)15-14)9(2)10(3)12(8)18-5/h6H,7,14H2,1-5H3,(H,15,17). The van der Waals surface area contributed by atoms with Crippen LogP contribution in [0, 0.1) is 20.8 Å². The van der Waals surface area contributed by atoms with Crippen LogP contribution in [0.2, 0.25) is 0 Å². The zero-order valence-electron chi connectivity index (χ0n) is 11.6. The highest BCUT2D eigenvalue weighted by Crippen LogP contribution is 2.28. The first kappa shape index (κ1) is 14.3. The van der Waals surface area contributed by atoms with Gasteiger partial charge in [-0.25, -0.2) is 10.6 Å². The van der Waals surface area contributed by atoms with Crippen LogP contribution >= 0.6 is 0 Å². The van der Waals surface area contributed by atoms with Gasteiger partial charge in [0.2, 0.25) is 0 Å². The molecule has 0 aliphatic carbocycles. The van der Waals surface area contributed by atoms with E-state index in [2.05, 4.69) is 5.43 Å². The van der Waals surface area contributed by atoms with E-state index in [1.165, 1.54) is 4.90 Å². The first-order chi connectivity index (χ1) is 8.42. The molecule has 0 unspecified atom stereocenters. The van der Waals surface area contributed by atoms with Crippen molar-refractivity contribution >= 4 is 6.03 Å². The lowest BCUT2D eigenvalue weighted by molar-refractivity contribution is 0.207. The van der Waals surface area contributed by atoms with Crippen molar-refractivity contribution in [3.05, 3.63) is 28.3 Å². The van der Waals surface area contributed by atoms with E-state index in [4.69, 9.17) is 10.6 Å². The van der Waals surface area contributed by atoms with Crippen molar-refractivity contribution in [2.24, 2.45) is 5.84 Å². The minimum absolute atomic E-state index is 0.305. The quantitative estimate of drug-likeness (QED) is 0.487. The average Bonchev–Trinajstić information content (AvgIpc) is 2.35. The van der Waals surface area contributed by atoms with Crippen molar-refractivity contribution in [1.29, 1.82) is 0 Å². The second-order valence-electron chi connectivity index (χ2n) is 4.44. The molecular weight excluding hydrogens is 230 g/mol. The molecule has 0 bridgehead atoms. The summed E-state index contributed by atoms with van der Waals surface area (Å²) in [4.78, 5) is 12.9. The van der Waals surface area contributed by atoms with E-state index in [0.717, 1.165) is 28.0 Å². The van der Waals surface area contributed by atoms with Gasteiger partial charge < -0.3 is 9.64 Å². The first-order valence-corrected chi connectivity index (χ1v) is 5.77. The van der Waals surface area contributed by atoms with Crippen LogP contribution < -0.4 is 16.0 Å². The lowest BCUT2D eigenvalue weighted by Gasteiger charge is -2.20. The lowest BCUT2D eigenvalue weighted by atomic mass is 9.98. The average molecular weight is 251 g/mol. The molecule has 0 saturated heterocycles. The largest absolute Gasteiger partial charge is 0.496 e. The molecular formula is C13H21N3O2. The minimum Gasteiger partial charge on any atom is -0.496 e. The number of rotatable bonds is 3. The van der Waals surface area contributed by atoms with Crippen molar-refractivity contribution in [2.45, 2.75) is 27.3 Å². The Balaban J connectivity index is 3.08. The molecule has 1 aromatic rings. The molecule has 0 heterocycles. The van der Waals surface area contributed by atoms with Gasteiger partial charge in [-0.3, -0.25) is 5.43 Å². The fourth-order valence-corrected chi connectivity index (χ4v) is 2.06. The van der Waals surface area contributed by atoms with E-state index in [9.17, 15) is 4.79 Å². The van der Waals surface area contributed by atoms with Crippen molar-refractivity contribution in [3.63, 3.8) is 0 Å². The summed E-state index contributed by atoms with van der Waals surface area (Å²) in [5.74, 6) is 6.01. The first-order valence-electron chi connectivity index (χ1n) is 5.77. The molecule has 5 heteroatoms. The molecule has 0 atom stereocenters. The number of aryl methyl sites for hydroxylation is 1. The number of hydrogen-bond acceptors (Lipinski definition) is 3. The third kappa shape index (κ3) is 2.73. The van der Waals surface area contributed by atoms with Crippen molar-refractivity contribution in [2.75, 3.05) is 14.2 Å². The van der Waals surface area contributed by atoms with Crippen LogP contribution in [0.25, 0.3) is 0 Å².